The standard InChI is InChI=1S/C26H21F5N2O3/c1-12-8-16-14(21(10-17(32-16)23(28)29)36-25(34)26(2,3)4)9-19(12)35-20-11-18(24(30)31)33-22-13(20)6-5-7-15(22)27/h5-11,23-24H,1-4H3. The average Bonchev–Trinajstić information content (AvgIpc) is 2.79. The van der Waals surface area contributed by atoms with Crippen molar-refractivity contribution in [3.8, 4) is 17.2 Å². The van der Waals surface area contributed by atoms with Crippen LogP contribution in [0.2, 0.25) is 0 Å². The molecule has 0 bridgehead atoms. The first-order chi connectivity index (χ1) is 16.8. The molecule has 0 aliphatic carbocycles. The molecular weight excluding hydrogens is 483 g/mol. The van der Waals surface area contributed by atoms with Crippen LogP contribution in [0, 0.1) is 18.2 Å². The summed E-state index contributed by atoms with van der Waals surface area (Å²) in [5.41, 5.74) is -1.92. The number of rotatable bonds is 5. The van der Waals surface area contributed by atoms with E-state index < -0.39 is 41.4 Å². The Morgan fingerprint density at radius 1 is 0.861 bits per heavy atom. The lowest BCUT2D eigenvalue weighted by molar-refractivity contribution is -0.142. The number of esters is 1. The molecule has 2 aromatic heterocycles. The molecule has 2 heterocycles. The summed E-state index contributed by atoms with van der Waals surface area (Å²) in [5, 5.41) is 0.348. The number of carbonyl (C=O) groups is 1. The van der Waals surface area contributed by atoms with Crippen LogP contribution in [0.4, 0.5) is 22.0 Å². The number of nitrogens with zero attached hydrogens (tertiary/aromatic N) is 2. The molecule has 0 N–H and O–H groups in total. The lowest BCUT2D eigenvalue weighted by Crippen LogP contribution is -2.25. The minimum absolute atomic E-state index is 0.0809. The van der Waals surface area contributed by atoms with Gasteiger partial charge in [-0.2, -0.15) is 0 Å². The van der Waals surface area contributed by atoms with Gasteiger partial charge in [0, 0.05) is 22.9 Å². The molecule has 4 aromatic rings. The van der Waals surface area contributed by atoms with Crippen molar-refractivity contribution in [2.75, 3.05) is 0 Å². The fourth-order valence-corrected chi connectivity index (χ4v) is 3.42. The monoisotopic (exact) mass is 504 g/mol. The molecule has 36 heavy (non-hydrogen) atoms. The predicted molar refractivity (Wildman–Crippen MR) is 123 cm³/mol. The molecule has 2 aromatic carbocycles. The number of carbonyl (C=O) groups excluding carboxylic acids is 1. The Hall–Kier alpha value is -3.82. The first-order valence-electron chi connectivity index (χ1n) is 10.9. The molecule has 0 saturated heterocycles. The van der Waals surface area contributed by atoms with Crippen molar-refractivity contribution in [3.63, 3.8) is 0 Å². The quantitative estimate of drug-likeness (QED) is 0.205. The highest BCUT2D eigenvalue weighted by Gasteiger charge is 2.26. The van der Waals surface area contributed by atoms with Gasteiger partial charge in [-0.1, -0.05) is 6.07 Å². The fourth-order valence-electron chi connectivity index (χ4n) is 3.42. The topological polar surface area (TPSA) is 61.3 Å². The van der Waals surface area contributed by atoms with Gasteiger partial charge >= 0.3 is 5.97 Å². The first kappa shape index (κ1) is 25.3. The number of ether oxygens (including phenoxy) is 2. The van der Waals surface area contributed by atoms with Crippen LogP contribution in [0.1, 0.15) is 50.6 Å². The van der Waals surface area contributed by atoms with Crippen LogP contribution in [-0.2, 0) is 4.79 Å². The Morgan fingerprint density at radius 2 is 1.50 bits per heavy atom. The molecule has 0 unspecified atom stereocenters. The number of aryl methyl sites for hydroxylation is 1. The normalized spacial score (nSPS) is 12.1. The Bertz CT molecular complexity index is 1480. The van der Waals surface area contributed by atoms with Crippen LogP contribution in [0.15, 0.2) is 42.5 Å². The Kier molecular flexibility index (Phi) is 6.55. The van der Waals surface area contributed by atoms with Gasteiger partial charge in [-0.3, -0.25) is 4.79 Å². The van der Waals surface area contributed by atoms with Crippen LogP contribution in [0.25, 0.3) is 21.8 Å². The number of pyridine rings is 2. The van der Waals surface area contributed by atoms with Crippen molar-refractivity contribution in [2.45, 2.75) is 40.5 Å². The van der Waals surface area contributed by atoms with E-state index in [2.05, 4.69) is 9.97 Å². The second kappa shape index (κ2) is 9.33. The third-order valence-electron chi connectivity index (χ3n) is 5.34. The zero-order valence-electron chi connectivity index (χ0n) is 19.7. The molecule has 10 heteroatoms. The third-order valence-corrected chi connectivity index (χ3v) is 5.34. The van der Waals surface area contributed by atoms with E-state index in [1.807, 2.05) is 0 Å². The molecule has 0 amide bonds. The van der Waals surface area contributed by atoms with Crippen molar-refractivity contribution in [1.29, 1.82) is 0 Å². The molecule has 0 fully saturated rings. The minimum atomic E-state index is -2.98. The zero-order valence-corrected chi connectivity index (χ0v) is 19.7. The maximum atomic E-state index is 14.3. The number of benzene rings is 2. The highest BCUT2D eigenvalue weighted by molar-refractivity contribution is 5.91. The van der Waals surface area contributed by atoms with Gasteiger partial charge in [0.1, 0.15) is 40.0 Å². The molecule has 188 valence electrons. The summed E-state index contributed by atoms with van der Waals surface area (Å²) in [7, 11) is 0. The number of alkyl halides is 4. The second-order valence-corrected chi connectivity index (χ2v) is 9.20. The second-order valence-electron chi connectivity index (χ2n) is 9.20. The van der Waals surface area contributed by atoms with Gasteiger partial charge in [0.25, 0.3) is 12.9 Å². The van der Waals surface area contributed by atoms with E-state index >= 15 is 0 Å². The van der Waals surface area contributed by atoms with E-state index in [1.165, 1.54) is 24.3 Å². The van der Waals surface area contributed by atoms with Gasteiger partial charge in [0.15, 0.2) is 0 Å². The molecule has 0 aliphatic rings. The van der Waals surface area contributed by atoms with Crippen LogP contribution in [0.5, 0.6) is 17.2 Å². The first-order valence-corrected chi connectivity index (χ1v) is 10.9. The highest BCUT2D eigenvalue weighted by Crippen LogP contribution is 2.39. The summed E-state index contributed by atoms with van der Waals surface area (Å²) in [6.07, 6.45) is -5.89. The van der Waals surface area contributed by atoms with Gasteiger partial charge in [-0.25, -0.2) is 31.9 Å². The maximum Gasteiger partial charge on any atom is 0.316 e. The Balaban J connectivity index is 1.89. The van der Waals surface area contributed by atoms with Crippen molar-refractivity contribution < 1.29 is 36.2 Å². The van der Waals surface area contributed by atoms with Gasteiger partial charge in [-0.05, 0) is 57.5 Å². The van der Waals surface area contributed by atoms with Crippen LogP contribution in [0.3, 0.4) is 0 Å². The minimum Gasteiger partial charge on any atom is -0.456 e. The van der Waals surface area contributed by atoms with E-state index in [4.69, 9.17) is 9.47 Å². The Labute approximate surface area is 202 Å². The van der Waals surface area contributed by atoms with E-state index in [0.29, 0.717) is 5.56 Å². The lowest BCUT2D eigenvalue weighted by atomic mass is 9.97. The van der Waals surface area contributed by atoms with Crippen molar-refractivity contribution in [2.24, 2.45) is 5.41 Å². The number of fused-ring (bicyclic) bond motifs is 2. The van der Waals surface area contributed by atoms with Crippen molar-refractivity contribution in [1.82, 2.24) is 9.97 Å². The number of halogens is 5. The molecular formula is C26H21F5N2O3. The van der Waals surface area contributed by atoms with Gasteiger partial charge in [0.2, 0.25) is 0 Å². The third kappa shape index (κ3) is 4.93. The maximum absolute atomic E-state index is 14.3. The molecule has 4 rings (SSSR count). The average molecular weight is 504 g/mol. The van der Waals surface area contributed by atoms with Crippen LogP contribution in [-0.4, -0.2) is 15.9 Å². The molecule has 5 nitrogen and oxygen atoms in total. The van der Waals surface area contributed by atoms with E-state index in [9.17, 15) is 26.7 Å². The van der Waals surface area contributed by atoms with Crippen LogP contribution < -0.4 is 9.47 Å². The summed E-state index contributed by atoms with van der Waals surface area (Å²) in [5.74, 6) is -1.55. The molecule has 0 saturated carbocycles. The van der Waals surface area contributed by atoms with E-state index in [1.54, 1.807) is 27.7 Å². The smallest absolute Gasteiger partial charge is 0.316 e. The van der Waals surface area contributed by atoms with Crippen LogP contribution >= 0.6 is 0 Å². The highest BCUT2D eigenvalue weighted by atomic mass is 19.3. The number of para-hydroxylation sites is 1. The number of hydrogen-bond acceptors (Lipinski definition) is 5. The summed E-state index contributed by atoms with van der Waals surface area (Å²) < 4.78 is 79.5. The SMILES string of the molecule is Cc1cc2nc(C(F)F)cc(OC(=O)C(C)(C)C)c2cc1Oc1cc(C(F)F)nc2c(F)cccc12. The lowest BCUT2D eigenvalue weighted by Gasteiger charge is -2.19. The number of aromatic nitrogens is 2. The molecule has 0 aliphatic heterocycles. The van der Waals surface area contributed by atoms with E-state index in [-0.39, 0.29) is 39.1 Å². The van der Waals surface area contributed by atoms with Crippen molar-refractivity contribution in [3.05, 3.63) is 65.2 Å². The largest absolute Gasteiger partial charge is 0.456 e. The van der Waals surface area contributed by atoms with E-state index in [0.717, 1.165) is 18.2 Å². The Morgan fingerprint density at radius 3 is 2.14 bits per heavy atom. The van der Waals surface area contributed by atoms with Gasteiger partial charge in [-0.15, -0.1) is 0 Å². The van der Waals surface area contributed by atoms with Gasteiger partial charge < -0.3 is 9.47 Å². The predicted octanol–water partition coefficient (Wildman–Crippen LogP) is 7.85. The summed E-state index contributed by atoms with van der Waals surface area (Å²) in [4.78, 5) is 20.2. The summed E-state index contributed by atoms with van der Waals surface area (Å²) >= 11 is 0. The zero-order chi connectivity index (χ0) is 26.4. The summed E-state index contributed by atoms with van der Waals surface area (Å²) in [6.45, 7) is 6.43. The van der Waals surface area contributed by atoms with Crippen molar-refractivity contribution >= 4 is 27.8 Å². The molecule has 0 spiro atoms. The van der Waals surface area contributed by atoms with Gasteiger partial charge in [0.05, 0.1) is 10.9 Å². The molecule has 0 atom stereocenters. The molecule has 0 radical (unpaired) electrons. The number of hydrogen-bond donors (Lipinski definition) is 0. The fraction of sp³-hybridized carbons (Fsp3) is 0.269. The summed E-state index contributed by atoms with van der Waals surface area (Å²) in [6, 6.07) is 8.80.